The van der Waals surface area contributed by atoms with Crippen molar-refractivity contribution in [1.29, 1.82) is 0 Å². The van der Waals surface area contributed by atoms with Gasteiger partial charge in [0.2, 0.25) is 15.9 Å². The molecule has 0 saturated carbocycles. The quantitative estimate of drug-likeness (QED) is 0.496. The maximum Gasteiger partial charge on any atom is 0.322 e. The lowest BCUT2D eigenvalue weighted by Crippen LogP contribution is -2.38. The van der Waals surface area contributed by atoms with Crippen LogP contribution in [0.15, 0.2) is 59.5 Å². The maximum absolute atomic E-state index is 13.1. The van der Waals surface area contributed by atoms with Crippen molar-refractivity contribution in [1.82, 2.24) is 14.9 Å². The molecule has 2 aliphatic rings. The lowest BCUT2D eigenvalue weighted by molar-refractivity contribution is -0.120. The fourth-order valence-electron chi connectivity index (χ4n) is 4.32. The Hall–Kier alpha value is -3.24. The number of sulfonamides is 1. The molecule has 0 aliphatic carbocycles. The molecule has 2 fully saturated rings. The minimum atomic E-state index is -3.60. The zero-order chi connectivity index (χ0) is 24.1. The summed E-state index contributed by atoms with van der Waals surface area (Å²) in [5, 5.41) is 7.25. The molecule has 0 aromatic heterocycles. The topological polar surface area (TPSA) is 125 Å². The summed E-state index contributed by atoms with van der Waals surface area (Å²) in [6.45, 7) is 0.979. The first kappa shape index (κ1) is 23.9. The zero-order valence-electron chi connectivity index (χ0n) is 18.7. The molecule has 2 aromatic carbocycles. The van der Waals surface area contributed by atoms with E-state index >= 15 is 0 Å². The van der Waals surface area contributed by atoms with Gasteiger partial charge in [-0.3, -0.25) is 14.9 Å². The minimum absolute atomic E-state index is 0.0380. The number of anilines is 1. The predicted molar refractivity (Wildman–Crippen MR) is 126 cm³/mol. The summed E-state index contributed by atoms with van der Waals surface area (Å²) in [5.41, 5.74) is 1.74. The largest absolute Gasteiger partial charge is 0.326 e. The molecule has 9 nitrogen and oxygen atoms in total. The van der Waals surface area contributed by atoms with Gasteiger partial charge in [-0.05, 0) is 61.4 Å². The van der Waals surface area contributed by atoms with Gasteiger partial charge in [-0.25, -0.2) is 13.2 Å². The highest BCUT2D eigenvalue weighted by molar-refractivity contribution is 7.89. The van der Waals surface area contributed by atoms with E-state index in [4.69, 9.17) is 0 Å². The van der Waals surface area contributed by atoms with E-state index in [2.05, 4.69) is 28.1 Å². The van der Waals surface area contributed by atoms with Crippen molar-refractivity contribution in [3.05, 3.63) is 60.2 Å². The van der Waals surface area contributed by atoms with Crippen LogP contribution in [0, 0.1) is 5.92 Å². The van der Waals surface area contributed by atoms with Crippen molar-refractivity contribution >= 4 is 33.6 Å². The van der Waals surface area contributed by atoms with Gasteiger partial charge in [0.25, 0.3) is 5.91 Å². The van der Waals surface area contributed by atoms with Crippen LogP contribution in [0.2, 0.25) is 0 Å². The lowest BCUT2D eigenvalue weighted by atomic mass is 9.91. The molecule has 0 spiro atoms. The minimum Gasteiger partial charge on any atom is -0.326 e. The summed E-state index contributed by atoms with van der Waals surface area (Å²) >= 11 is 0. The van der Waals surface area contributed by atoms with E-state index in [1.54, 1.807) is 12.1 Å². The number of carbonyl (C=O) groups is 3. The fraction of sp³-hybridized carbons (Fsp3) is 0.375. The van der Waals surface area contributed by atoms with E-state index in [9.17, 15) is 22.8 Å². The highest BCUT2D eigenvalue weighted by Crippen LogP contribution is 2.27. The van der Waals surface area contributed by atoms with E-state index in [-0.39, 0.29) is 23.6 Å². The van der Waals surface area contributed by atoms with Crippen LogP contribution < -0.4 is 16.0 Å². The molecule has 2 aromatic rings. The first-order chi connectivity index (χ1) is 16.3. The van der Waals surface area contributed by atoms with Gasteiger partial charge in [0.05, 0.1) is 4.90 Å². The standard InChI is InChI=1S/C24H28N4O5S/c29-22(11-10-21-23(30)27-24(31)26-21)25-19-6-8-20(9-7-19)34(32,33)28-14-12-18(13-15-28)16-17-4-2-1-3-5-17/h1-9,18,21H,10-16H2,(H,25,29)(H2,26,27,30,31). The SMILES string of the molecule is O=C(CCC1NC(=O)NC1=O)Nc1ccc(S(=O)(=O)N2CCC(Cc3ccccc3)CC2)cc1. The molecule has 2 heterocycles. The van der Waals surface area contributed by atoms with Crippen LogP contribution in [0.25, 0.3) is 0 Å². The number of hydrogen-bond donors (Lipinski definition) is 3. The Bertz CT molecular complexity index is 1140. The van der Waals surface area contributed by atoms with E-state index in [0.717, 1.165) is 19.3 Å². The summed E-state index contributed by atoms with van der Waals surface area (Å²) in [7, 11) is -3.60. The summed E-state index contributed by atoms with van der Waals surface area (Å²) in [6.07, 6.45) is 2.82. The van der Waals surface area contributed by atoms with E-state index in [1.807, 2.05) is 18.2 Å². The molecule has 0 bridgehead atoms. The number of imide groups is 1. The van der Waals surface area contributed by atoms with Gasteiger partial charge in [0.1, 0.15) is 6.04 Å². The average Bonchev–Trinajstić information content (AvgIpc) is 3.16. The normalized spacial score (nSPS) is 19.5. The van der Waals surface area contributed by atoms with E-state index < -0.39 is 28.0 Å². The first-order valence-corrected chi connectivity index (χ1v) is 12.8. The summed E-state index contributed by atoms with van der Waals surface area (Å²) < 4.78 is 27.6. The second-order valence-electron chi connectivity index (χ2n) is 8.66. The number of hydrogen-bond acceptors (Lipinski definition) is 5. The molecular weight excluding hydrogens is 456 g/mol. The second kappa shape index (κ2) is 10.4. The zero-order valence-corrected chi connectivity index (χ0v) is 19.5. The van der Waals surface area contributed by atoms with Crippen LogP contribution in [0.5, 0.6) is 0 Å². The highest BCUT2D eigenvalue weighted by Gasteiger charge is 2.30. The molecule has 3 N–H and O–H groups in total. The third kappa shape index (κ3) is 5.81. The number of amides is 4. The lowest BCUT2D eigenvalue weighted by Gasteiger charge is -2.31. The molecule has 10 heteroatoms. The Morgan fingerprint density at radius 3 is 2.29 bits per heavy atom. The molecule has 2 aliphatic heterocycles. The molecule has 34 heavy (non-hydrogen) atoms. The predicted octanol–water partition coefficient (Wildman–Crippen LogP) is 2.26. The third-order valence-corrected chi connectivity index (χ3v) is 8.15. The summed E-state index contributed by atoms with van der Waals surface area (Å²) in [4.78, 5) is 35.0. The van der Waals surface area contributed by atoms with Crippen LogP contribution in [-0.2, 0) is 26.0 Å². The Morgan fingerprint density at radius 1 is 1.00 bits per heavy atom. The van der Waals surface area contributed by atoms with Gasteiger partial charge in [0, 0.05) is 25.2 Å². The van der Waals surface area contributed by atoms with Gasteiger partial charge in [-0.1, -0.05) is 30.3 Å². The van der Waals surface area contributed by atoms with Crippen molar-refractivity contribution < 1.29 is 22.8 Å². The van der Waals surface area contributed by atoms with Gasteiger partial charge in [-0.15, -0.1) is 0 Å². The van der Waals surface area contributed by atoms with Crippen molar-refractivity contribution in [2.24, 2.45) is 5.92 Å². The Kier molecular flexibility index (Phi) is 7.28. The number of urea groups is 1. The van der Waals surface area contributed by atoms with Crippen LogP contribution in [-0.4, -0.2) is 49.7 Å². The second-order valence-corrected chi connectivity index (χ2v) is 10.6. The van der Waals surface area contributed by atoms with E-state index in [0.29, 0.717) is 24.7 Å². The molecule has 1 unspecified atom stereocenters. The first-order valence-electron chi connectivity index (χ1n) is 11.4. The number of piperidine rings is 1. The van der Waals surface area contributed by atoms with Crippen LogP contribution in [0.3, 0.4) is 0 Å². The number of rotatable bonds is 8. The average molecular weight is 485 g/mol. The highest BCUT2D eigenvalue weighted by atomic mass is 32.2. The molecule has 4 rings (SSSR count). The Balaban J connectivity index is 1.27. The summed E-state index contributed by atoms with van der Waals surface area (Å²) in [5.74, 6) is -0.309. The third-order valence-electron chi connectivity index (χ3n) is 6.24. The van der Waals surface area contributed by atoms with Gasteiger partial charge in [0.15, 0.2) is 0 Å². The van der Waals surface area contributed by atoms with Crippen molar-refractivity contribution in [2.75, 3.05) is 18.4 Å². The van der Waals surface area contributed by atoms with Gasteiger partial charge in [-0.2, -0.15) is 4.31 Å². The van der Waals surface area contributed by atoms with Crippen molar-refractivity contribution in [2.45, 2.75) is 43.0 Å². The van der Waals surface area contributed by atoms with Gasteiger partial charge < -0.3 is 10.6 Å². The Labute approximate surface area is 199 Å². The molecule has 0 radical (unpaired) electrons. The monoisotopic (exact) mass is 484 g/mol. The van der Waals surface area contributed by atoms with Crippen LogP contribution >= 0.6 is 0 Å². The Morgan fingerprint density at radius 2 is 1.68 bits per heavy atom. The summed E-state index contributed by atoms with van der Waals surface area (Å²) in [6, 6.07) is 15.1. The van der Waals surface area contributed by atoms with E-state index in [1.165, 1.54) is 22.0 Å². The maximum atomic E-state index is 13.1. The van der Waals surface area contributed by atoms with Crippen molar-refractivity contribution in [3.63, 3.8) is 0 Å². The van der Waals surface area contributed by atoms with Crippen molar-refractivity contribution in [3.8, 4) is 0 Å². The molecule has 4 amide bonds. The van der Waals surface area contributed by atoms with Crippen LogP contribution in [0.4, 0.5) is 10.5 Å². The number of nitrogens with one attached hydrogen (secondary N) is 3. The molecule has 180 valence electrons. The molecule has 1 atom stereocenters. The smallest absolute Gasteiger partial charge is 0.322 e. The number of carbonyl (C=O) groups excluding carboxylic acids is 3. The van der Waals surface area contributed by atoms with Crippen LogP contribution in [0.1, 0.15) is 31.2 Å². The fourth-order valence-corrected chi connectivity index (χ4v) is 5.79. The molecular formula is C24H28N4O5S. The molecule has 2 saturated heterocycles. The number of nitrogens with zero attached hydrogens (tertiary/aromatic N) is 1. The van der Waals surface area contributed by atoms with Gasteiger partial charge >= 0.3 is 6.03 Å². The number of benzene rings is 2.